The third-order valence-electron chi connectivity index (χ3n) is 3.49. The summed E-state index contributed by atoms with van der Waals surface area (Å²) in [6.45, 7) is 1.25. The van der Waals surface area contributed by atoms with Gasteiger partial charge < -0.3 is 25.8 Å². The molecule has 3 rings (SSSR count). The topological polar surface area (TPSA) is 140 Å². The summed E-state index contributed by atoms with van der Waals surface area (Å²) in [5, 5.41) is 29.0. The first-order valence-electron chi connectivity index (χ1n) is 6.24. The second-order valence-electron chi connectivity index (χ2n) is 4.81. The Balaban J connectivity index is 2.15. The normalized spacial score (nSPS) is 29.4. The van der Waals surface area contributed by atoms with E-state index in [0.29, 0.717) is 17.0 Å². The number of aliphatic hydroxyl groups is 3. The van der Waals surface area contributed by atoms with Gasteiger partial charge in [-0.2, -0.15) is 9.97 Å². The molecular formula is C11H14ClN5O4. The number of rotatable bonds is 2. The van der Waals surface area contributed by atoms with E-state index in [4.69, 9.17) is 27.2 Å². The highest BCUT2D eigenvalue weighted by Gasteiger charge is 2.44. The quantitative estimate of drug-likeness (QED) is 0.516. The monoisotopic (exact) mass is 315 g/mol. The fourth-order valence-corrected chi connectivity index (χ4v) is 2.65. The minimum absolute atomic E-state index is 0.0621. The van der Waals surface area contributed by atoms with E-state index in [1.54, 1.807) is 6.92 Å². The van der Waals surface area contributed by atoms with Crippen molar-refractivity contribution in [2.75, 3.05) is 12.3 Å². The highest BCUT2D eigenvalue weighted by atomic mass is 35.5. The molecule has 1 fully saturated rings. The lowest BCUT2D eigenvalue weighted by molar-refractivity contribution is -0.0519. The number of hydrogen-bond donors (Lipinski definition) is 4. The van der Waals surface area contributed by atoms with Crippen LogP contribution in [0.2, 0.25) is 5.28 Å². The van der Waals surface area contributed by atoms with Gasteiger partial charge >= 0.3 is 0 Å². The van der Waals surface area contributed by atoms with Gasteiger partial charge in [-0.3, -0.25) is 4.57 Å². The van der Waals surface area contributed by atoms with Gasteiger partial charge in [-0.25, -0.2) is 4.98 Å². The van der Waals surface area contributed by atoms with Crippen LogP contribution < -0.4 is 5.73 Å². The van der Waals surface area contributed by atoms with E-state index >= 15 is 0 Å². The molecule has 0 bridgehead atoms. The summed E-state index contributed by atoms with van der Waals surface area (Å²) in [6, 6.07) is 0. The van der Waals surface area contributed by atoms with Crippen LogP contribution in [-0.2, 0) is 4.74 Å². The van der Waals surface area contributed by atoms with Crippen LogP contribution in [0, 0.1) is 6.92 Å². The summed E-state index contributed by atoms with van der Waals surface area (Å²) in [5.74, 6) is 0.571. The van der Waals surface area contributed by atoms with Gasteiger partial charge in [-0.1, -0.05) is 0 Å². The van der Waals surface area contributed by atoms with E-state index in [1.165, 1.54) is 4.57 Å². The van der Waals surface area contributed by atoms with E-state index in [-0.39, 0.29) is 11.1 Å². The number of aryl methyl sites for hydroxylation is 1. The minimum Gasteiger partial charge on any atom is -0.394 e. The third kappa shape index (κ3) is 2.14. The molecule has 2 aromatic rings. The van der Waals surface area contributed by atoms with E-state index in [9.17, 15) is 10.2 Å². The summed E-state index contributed by atoms with van der Waals surface area (Å²) in [4.78, 5) is 12.1. The van der Waals surface area contributed by atoms with Crippen molar-refractivity contribution in [2.24, 2.45) is 0 Å². The largest absolute Gasteiger partial charge is 0.394 e. The molecule has 114 valence electrons. The van der Waals surface area contributed by atoms with E-state index in [0.717, 1.165) is 0 Å². The fraction of sp³-hybridized carbons (Fsp3) is 0.545. The second kappa shape index (κ2) is 5.04. The van der Waals surface area contributed by atoms with Crippen LogP contribution in [0.5, 0.6) is 0 Å². The predicted octanol–water partition coefficient (Wildman–Crippen LogP) is -1.02. The van der Waals surface area contributed by atoms with Gasteiger partial charge in [-0.15, -0.1) is 0 Å². The van der Waals surface area contributed by atoms with Crippen LogP contribution in [0.1, 0.15) is 12.1 Å². The highest BCUT2D eigenvalue weighted by molar-refractivity contribution is 6.28. The van der Waals surface area contributed by atoms with Crippen molar-refractivity contribution in [3.8, 4) is 0 Å². The maximum absolute atomic E-state index is 10.1. The molecule has 10 heteroatoms. The van der Waals surface area contributed by atoms with Gasteiger partial charge in [0.2, 0.25) is 5.28 Å². The number of anilines is 1. The van der Waals surface area contributed by atoms with E-state index in [2.05, 4.69) is 15.0 Å². The smallest absolute Gasteiger partial charge is 0.226 e. The fourth-order valence-electron chi connectivity index (χ4n) is 2.47. The summed E-state index contributed by atoms with van der Waals surface area (Å²) in [7, 11) is 0. The molecule has 0 saturated carbocycles. The number of nitrogens with zero attached hydrogens (tertiary/aromatic N) is 4. The molecule has 1 aliphatic rings. The Morgan fingerprint density at radius 1 is 1.29 bits per heavy atom. The molecule has 0 amide bonds. The van der Waals surface area contributed by atoms with Crippen LogP contribution in [0.4, 0.5) is 5.82 Å². The number of imidazole rings is 1. The third-order valence-corrected chi connectivity index (χ3v) is 3.66. The molecule has 5 N–H and O–H groups in total. The molecular weight excluding hydrogens is 302 g/mol. The van der Waals surface area contributed by atoms with Crippen molar-refractivity contribution in [3.63, 3.8) is 0 Å². The van der Waals surface area contributed by atoms with Gasteiger partial charge in [0.1, 0.15) is 24.1 Å². The van der Waals surface area contributed by atoms with E-state index in [1.807, 2.05) is 0 Å². The number of fused-ring (bicyclic) bond motifs is 1. The van der Waals surface area contributed by atoms with Gasteiger partial charge in [-0.05, 0) is 18.5 Å². The van der Waals surface area contributed by atoms with Gasteiger partial charge in [0.25, 0.3) is 0 Å². The van der Waals surface area contributed by atoms with Crippen molar-refractivity contribution in [1.82, 2.24) is 19.5 Å². The van der Waals surface area contributed by atoms with Crippen molar-refractivity contribution in [2.45, 2.75) is 31.5 Å². The Kier molecular flexibility index (Phi) is 3.46. The molecule has 0 spiro atoms. The van der Waals surface area contributed by atoms with Gasteiger partial charge in [0.15, 0.2) is 23.2 Å². The number of nitrogen functional groups attached to an aromatic ring is 1. The molecule has 4 atom stereocenters. The molecule has 0 aliphatic carbocycles. The zero-order valence-corrected chi connectivity index (χ0v) is 11.8. The van der Waals surface area contributed by atoms with Crippen LogP contribution in [0.3, 0.4) is 0 Å². The number of ether oxygens (including phenoxy) is 1. The molecule has 21 heavy (non-hydrogen) atoms. The second-order valence-corrected chi connectivity index (χ2v) is 5.15. The van der Waals surface area contributed by atoms with E-state index < -0.39 is 31.1 Å². The molecule has 9 nitrogen and oxygen atoms in total. The van der Waals surface area contributed by atoms with Crippen LogP contribution in [0.25, 0.3) is 11.2 Å². The summed E-state index contributed by atoms with van der Waals surface area (Å²) >= 11 is 5.80. The molecule has 0 radical (unpaired) electrons. The first kappa shape index (κ1) is 14.4. The highest BCUT2D eigenvalue weighted by Crippen LogP contribution is 2.33. The number of aliphatic hydroxyl groups excluding tert-OH is 3. The van der Waals surface area contributed by atoms with Crippen molar-refractivity contribution >= 4 is 28.6 Å². The average Bonchev–Trinajstić information content (AvgIpc) is 2.89. The summed E-state index contributed by atoms with van der Waals surface area (Å²) < 4.78 is 6.95. The van der Waals surface area contributed by atoms with Crippen molar-refractivity contribution in [3.05, 3.63) is 11.1 Å². The standard InChI is InChI=1S/C11H14ClN5O4/c1-3-14-5-8(13)15-11(12)16-9(5)17(3)10-7(20)6(19)4(2-18)21-10/h4,6-7,10,18-20H,2H2,1H3,(H2,13,15,16)/t4-,6?,7+,10-/m1/s1. The van der Waals surface area contributed by atoms with Crippen LogP contribution in [0.15, 0.2) is 0 Å². The predicted molar refractivity (Wildman–Crippen MR) is 72.5 cm³/mol. The maximum Gasteiger partial charge on any atom is 0.226 e. The zero-order valence-electron chi connectivity index (χ0n) is 11.0. The lowest BCUT2D eigenvalue weighted by Gasteiger charge is -2.18. The Bertz CT molecular complexity index is 693. The number of nitrogens with two attached hydrogens (primary N) is 1. The van der Waals surface area contributed by atoms with Gasteiger partial charge in [0, 0.05) is 0 Å². The average molecular weight is 316 g/mol. The van der Waals surface area contributed by atoms with Crippen molar-refractivity contribution < 1.29 is 20.1 Å². The molecule has 2 aromatic heterocycles. The maximum atomic E-state index is 10.1. The Hall–Kier alpha value is -1.52. The first-order valence-corrected chi connectivity index (χ1v) is 6.61. The lowest BCUT2D eigenvalue weighted by Crippen LogP contribution is -2.33. The number of halogens is 1. The van der Waals surface area contributed by atoms with Crippen LogP contribution in [-0.4, -0.2) is 59.8 Å². The molecule has 1 aliphatic heterocycles. The Morgan fingerprint density at radius 2 is 2.00 bits per heavy atom. The molecule has 1 saturated heterocycles. The minimum atomic E-state index is -1.24. The van der Waals surface area contributed by atoms with Crippen molar-refractivity contribution in [1.29, 1.82) is 0 Å². The summed E-state index contributed by atoms with van der Waals surface area (Å²) in [6.07, 6.45) is -4.30. The van der Waals surface area contributed by atoms with Crippen LogP contribution >= 0.6 is 11.6 Å². The summed E-state index contributed by atoms with van der Waals surface area (Å²) in [5.41, 5.74) is 6.37. The molecule has 0 aromatic carbocycles. The SMILES string of the molecule is Cc1nc2c(N)nc(Cl)nc2n1[C@@H]1O[C@H](CO)C(O)[C@@H]1O. The number of aromatic nitrogens is 4. The first-order chi connectivity index (χ1) is 9.93. The van der Waals surface area contributed by atoms with Gasteiger partial charge in [0.05, 0.1) is 6.61 Å². The molecule has 1 unspecified atom stereocenters. The Labute approximate surface area is 124 Å². The number of hydrogen-bond acceptors (Lipinski definition) is 8. The Morgan fingerprint density at radius 3 is 2.62 bits per heavy atom. The lowest BCUT2D eigenvalue weighted by atomic mass is 10.1. The molecule has 3 heterocycles. The zero-order chi connectivity index (χ0) is 15.3.